The first kappa shape index (κ1) is 24.1. The van der Waals surface area contributed by atoms with Gasteiger partial charge >= 0.3 is 5.97 Å². The van der Waals surface area contributed by atoms with Crippen LogP contribution in [0.3, 0.4) is 0 Å². The molecular weight excluding hydrogens is 520 g/mol. The number of carbonyl (C=O) groups is 1. The van der Waals surface area contributed by atoms with Crippen molar-refractivity contribution >= 4 is 17.6 Å². The first-order valence-corrected chi connectivity index (χ1v) is 12.1. The summed E-state index contributed by atoms with van der Waals surface area (Å²) < 4.78 is 5.08. The summed E-state index contributed by atoms with van der Waals surface area (Å²) in [6.45, 7) is 0. The molecule has 2 aromatic carbocycles. The quantitative estimate of drug-likeness (QED) is 0.294. The first-order valence-electron chi connectivity index (χ1n) is 11.7. The molecule has 1 atom stereocenters. The summed E-state index contributed by atoms with van der Waals surface area (Å²) >= 11 is 6.32. The molecule has 0 aliphatic carbocycles. The number of aromatic amines is 1. The molecule has 4 aromatic heterocycles. The van der Waals surface area contributed by atoms with Crippen molar-refractivity contribution in [2.24, 2.45) is 7.05 Å². The Kier molecular flexibility index (Phi) is 6.13. The molecule has 0 fully saturated rings. The van der Waals surface area contributed by atoms with E-state index in [0.717, 1.165) is 27.9 Å². The average Bonchev–Trinajstić information content (AvgIpc) is 3.73. The highest BCUT2D eigenvalue weighted by atomic mass is 35.5. The lowest BCUT2D eigenvalue weighted by molar-refractivity contribution is -0.659. The molecule has 0 bridgehead atoms. The molecule has 0 spiro atoms. The van der Waals surface area contributed by atoms with Crippen molar-refractivity contribution in [2.75, 3.05) is 0 Å². The minimum atomic E-state index is -0.973. The van der Waals surface area contributed by atoms with E-state index in [4.69, 9.17) is 16.6 Å². The van der Waals surface area contributed by atoms with E-state index in [-0.39, 0.29) is 5.56 Å². The van der Waals surface area contributed by atoms with Crippen molar-refractivity contribution in [1.29, 1.82) is 0 Å². The zero-order chi connectivity index (χ0) is 26.9. The van der Waals surface area contributed by atoms with Crippen molar-refractivity contribution in [3.8, 4) is 27.9 Å². The topological polar surface area (TPSA) is 144 Å². The van der Waals surface area contributed by atoms with Crippen LogP contribution >= 0.6 is 11.6 Å². The molecule has 13 heteroatoms. The van der Waals surface area contributed by atoms with Gasteiger partial charge in [-0.05, 0) is 42.0 Å². The van der Waals surface area contributed by atoms with E-state index in [0.29, 0.717) is 16.4 Å². The second kappa shape index (κ2) is 9.91. The number of nitrogens with one attached hydrogen (secondary N) is 1. The van der Waals surface area contributed by atoms with E-state index in [1.54, 1.807) is 70.1 Å². The Balaban J connectivity index is 1.38. The summed E-state index contributed by atoms with van der Waals surface area (Å²) in [6.07, 6.45) is 8.76. The summed E-state index contributed by atoms with van der Waals surface area (Å²) in [5.41, 5.74) is 5.76. The van der Waals surface area contributed by atoms with E-state index in [1.807, 2.05) is 36.7 Å². The fourth-order valence-electron chi connectivity index (χ4n) is 4.32. The van der Waals surface area contributed by atoms with Crippen molar-refractivity contribution in [3.63, 3.8) is 0 Å². The number of carboxylic acids is 1. The van der Waals surface area contributed by atoms with Gasteiger partial charge in [-0.1, -0.05) is 40.2 Å². The predicted octanol–water partition coefficient (Wildman–Crippen LogP) is 3.12. The number of nitrogens with zero attached hydrogens (tertiary/aromatic N) is 9. The van der Waals surface area contributed by atoms with E-state index >= 15 is 0 Å². The summed E-state index contributed by atoms with van der Waals surface area (Å²) in [5, 5.41) is 33.3. The van der Waals surface area contributed by atoms with Crippen LogP contribution in [0.2, 0.25) is 5.02 Å². The SMILES string of the molecule is Cn1cc(C(c2ccc(-c3cc(Cl)ccc3-[n+]3cnn[nH]3)cn2)n2cc(-c3ccc(C(=O)O)cc3)cn2)nn1. The van der Waals surface area contributed by atoms with Crippen molar-refractivity contribution < 1.29 is 14.6 Å². The maximum atomic E-state index is 11.2. The second-order valence-corrected chi connectivity index (χ2v) is 9.18. The number of H-pyrrole nitrogens is 1. The number of pyridine rings is 1. The van der Waals surface area contributed by atoms with Gasteiger partial charge in [0.2, 0.25) is 0 Å². The molecule has 39 heavy (non-hydrogen) atoms. The number of carboxylic acid groups (broad SMARTS) is 1. The van der Waals surface area contributed by atoms with Crippen LogP contribution in [0.4, 0.5) is 0 Å². The van der Waals surface area contributed by atoms with E-state index in [9.17, 15) is 9.90 Å². The Morgan fingerprint density at radius 1 is 1.00 bits per heavy atom. The van der Waals surface area contributed by atoms with Gasteiger partial charge in [-0.15, -0.1) is 9.78 Å². The molecule has 2 N–H and O–H groups in total. The lowest BCUT2D eigenvalue weighted by Gasteiger charge is -2.15. The number of aromatic carboxylic acids is 1. The largest absolute Gasteiger partial charge is 0.478 e. The number of hydrogen-bond donors (Lipinski definition) is 2. The maximum Gasteiger partial charge on any atom is 0.335 e. The molecule has 6 rings (SSSR count). The Bertz CT molecular complexity index is 1760. The van der Waals surface area contributed by atoms with Gasteiger partial charge in [-0.3, -0.25) is 14.3 Å². The highest BCUT2D eigenvalue weighted by molar-refractivity contribution is 6.31. The van der Waals surface area contributed by atoms with Gasteiger partial charge in [0.15, 0.2) is 5.21 Å². The maximum absolute atomic E-state index is 11.2. The van der Waals surface area contributed by atoms with Gasteiger partial charge in [0.1, 0.15) is 22.5 Å². The second-order valence-electron chi connectivity index (χ2n) is 8.75. The highest BCUT2D eigenvalue weighted by Gasteiger charge is 2.23. The number of tetrazole rings is 1. The third-order valence-electron chi connectivity index (χ3n) is 6.20. The van der Waals surface area contributed by atoms with Crippen LogP contribution in [0.15, 0.2) is 85.7 Å². The Morgan fingerprint density at radius 2 is 1.82 bits per heavy atom. The van der Waals surface area contributed by atoms with Gasteiger partial charge < -0.3 is 5.11 Å². The highest BCUT2D eigenvalue weighted by Crippen LogP contribution is 2.30. The number of rotatable bonds is 7. The predicted molar refractivity (Wildman–Crippen MR) is 139 cm³/mol. The molecule has 4 heterocycles. The third kappa shape index (κ3) is 4.76. The molecule has 0 radical (unpaired) electrons. The monoisotopic (exact) mass is 539 g/mol. The minimum absolute atomic E-state index is 0.220. The summed E-state index contributed by atoms with van der Waals surface area (Å²) in [6, 6.07) is 15.6. The number of aryl methyl sites for hydroxylation is 1. The van der Waals surface area contributed by atoms with E-state index < -0.39 is 12.0 Å². The summed E-state index contributed by atoms with van der Waals surface area (Å²) in [7, 11) is 1.80. The van der Waals surface area contributed by atoms with E-state index in [2.05, 4.69) is 30.9 Å². The van der Waals surface area contributed by atoms with Gasteiger partial charge in [0.05, 0.1) is 23.7 Å². The van der Waals surface area contributed by atoms with Crippen molar-refractivity contribution in [1.82, 2.24) is 45.3 Å². The van der Waals surface area contributed by atoms with Gasteiger partial charge in [-0.25, -0.2) is 4.79 Å². The normalized spacial score (nSPS) is 11.9. The number of benzene rings is 2. The molecule has 0 aliphatic rings. The summed E-state index contributed by atoms with van der Waals surface area (Å²) in [5.74, 6) is -0.973. The Hall–Kier alpha value is -5.23. The van der Waals surface area contributed by atoms with Crippen LogP contribution in [0.1, 0.15) is 27.8 Å². The van der Waals surface area contributed by atoms with Crippen LogP contribution in [-0.2, 0) is 7.05 Å². The molecule has 1 unspecified atom stereocenters. The zero-order valence-electron chi connectivity index (χ0n) is 20.4. The van der Waals surface area contributed by atoms with E-state index in [1.165, 1.54) is 0 Å². The Labute approximate surface area is 226 Å². The molecule has 0 amide bonds. The van der Waals surface area contributed by atoms with Crippen molar-refractivity contribution in [3.05, 3.63) is 108 Å². The lowest BCUT2D eigenvalue weighted by atomic mass is 10.0. The van der Waals surface area contributed by atoms with Crippen LogP contribution < -0.4 is 4.68 Å². The molecule has 12 nitrogen and oxygen atoms in total. The van der Waals surface area contributed by atoms with Gasteiger partial charge in [0.25, 0.3) is 6.33 Å². The van der Waals surface area contributed by atoms with Gasteiger partial charge in [-0.2, -0.15) is 5.10 Å². The van der Waals surface area contributed by atoms with Gasteiger partial charge in [0, 0.05) is 41.2 Å². The number of halogens is 1. The average molecular weight is 540 g/mol. The molecular formula is C26H20ClN10O2+. The number of hydrogen-bond acceptors (Lipinski definition) is 7. The molecule has 0 aliphatic heterocycles. The van der Waals surface area contributed by atoms with Crippen molar-refractivity contribution in [2.45, 2.75) is 6.04 Å². The Morgan fingerprint density at radius 3 is 2.49 bits per heavy atom. The summed E-state index contributed by atoms with van der Waals surface area (Å²) in [4.78, 5) is 16.0. The fraction of sp³-hybridized carbons (Fsp3) is 0.0769. The number of aromatic nitrogens is 10. The standard InChI is InChI=1S/C26H19ClN10O2/c1-35-14-23(31-33-35)25(36-13-19(12-30-36)16-2-4-17(5-3-16)26(38)39)22-8-6-18(11-28-22)21-10-20(27)7-9-24(21)37-15-29-32-34-37/h2-15,25H,1H3,(H,38,39)/p+1. The van der Waals surface area contributed by atoms with Crippen LogP contribution in [0, 0.1) is 0 Å². The van der Waals surface area contributed by atoms with Crippen LogP contribution in [0.5, 0.6) is 0 Å². The molecule has 0 saturated carbocycles. The van der Waals surface area contributed by atoms with Crippen LogP contribution in [0.25, 0.3) is 27.9 Å². The third-order valence-corrected chi connectivity index (χ3v) is 6.44. The molecule has 192 valence electrons. The fourth-order valence-corrected chi connectivity index (χ4v) is 4.49. The minimum Gasteiger partial charge on any atom is -0.478 e. The zero-order valence-corrected chi connectivity index (χ0v) is 21.2. The van der Waals surface area contributed by atoms with Crippen LogP contribution in [-0.4, -0.2) is 56.4 Å². The molecule has 0 saturated heterocycles. The lowest BCUT2D eigenvalue weighted by Crippen LogP contribution is -2.32. The molecule has 6 aromatic rings. The first-order chi connectivity index (χ1) is 19.0. The smallest absolute Gasteiger partial charge is 0.335 e.